The Morgan fingerprint density at radius 3 is 2.68 bits per heavy atom. The average molecular weight is 304 g/mol. The third-order valence-electron chi connectivity index (χ3n) is 3.05. The molecule has 0 saturated heterocycles. The van der Waals surface area contributed by atoms with E-state index in [1.165, 1.54) is 0 Å². The number of H-pyrrole nitrogens is 1. The predicted octanol–water partition coefficient (Wildman–Crippen LogP) is 2.69. The molecule has 0 unspecified atom stereocenters. The Hall–Kier alpha value is -2.50. The highest BCUT2D eigenvalue weighted by Gasteiger charge is 2.24. The van der Waals surface area contributed by atoms with Gasteiger partial charge < -0.3 is 20.1 Å². The largest absolute Gasteiger partial charge is 0.480 e. The topological polar surface area (TPSA) is 91.4 Å². The first-order valence-corrected chi connectivity index (χ1v) is 7.03. The summed E-state index contributed by atoms with van der Waals surface area (Å²) < 4.78 is 5.10. The van der Waals surface area contributed by atoms with Crippen molar-refractivity contribution in [3.8, 4) is 0 Å². The second kappa shape index (κ2) is 6.09. The summed E-state index contributed by atoms with van der Waals surface area (Å²) >= 11 is 0. The number of aliphatic carboxylic acids is 1. The smallest absolute Gasteiger partial charge is 0.408 e. The number of benzene rings is 1. The van der Waals surface area contributed by atoms with Crippen molar-refractivity contribution in [2.45, 2.75) is 38.8 Å². The normalized spacial score (nSPS) is 12.9. The van der Waals surface area contributed by atoms with Crippen LogP contribution >= 0.6 is 0 Å². The van der Waals surface area contributed by atoms with E-state index in [4.69, 9.17) is 4.74 Å². The molecule has 0 bridgehead atoms. The Morgan fingerprint density at radius 2 is 2.05 bits per heavy atom. The number of alkyl carbamates (subject to hydrolysis) is 1. The van der Waals surface area contributed by atoms with Crippen molar-refractivity contribution in [1.29, 1.82) is 0 Å². The van der Waals surface area contributed by atoms with Gasteiger partial charge in [0, 0.05) is 18.1 Å². The summed E-state index contributed by atoms with van der Waals surface area (Å²) in [6, 6.07) is 6.50. The number of aromatic nitrogens is 1. The molecule has 1 atom stereocenters. The van der Waals surface area contributed by atoms with Gasteiger partial charge in [-0.15, -0.1) is 0 Å². The number of nitrogens with one attached hydrogen (secondary N) is 2. The van der Waals surface area contributed by atoms with Crippen LogP contribution in [0.2, 0.25) is 0 Å². The van der Waals surface area contributed by atoms with Gasteiger partial charge >= 0.3 is 12.1 Å². The van der Waals surface area contributed by atoms with Crippen LogP contribution in [0.1, 0.15) is 26.3 Å². The van der Waals surface area contributed by atoms with E-state index in [2.05, 4.69) is 10.3 Å². The predicted molar refractivity (Wildman–Crippen MR) is 82.8 cm³/mol. The fourth-order valence-electron chi connectivity index (χ4n) is 2.12. The number of carbonyl (C=O) groups is 2. The molecule has 2 rings (SSSR count). The maximum absolute atomic E-state index is 11.7. The lowest BCUT2D eigenvalue weighted by Gasteiger charge is -2.22. The standard InChI is InChI=1S/C16H20N2O4/c1-16(2,3)22-15(21)18-13(14(19)20)9-10-4-5-12-11(8-10)6-7-17-12/h4-8,13,17H,9H2,1-3H3,(H,18,21)(H,19,20)/t13-/m0/s1. The van der Waals surface area contributed by atoms with Crippen LogP contribution in [0.3, 0.4) is 0 Å². The van der Waals surface area contributed by atoms with Gasteiger partial charge in [-0.1, -0.05) is 6.07 Å². The van der Waals surface area contributed by atoms with Crippen molar-refractivity contribution < 1.29 is 19.4 Å². The van der Waals surface area contributed by atoms with Crippen molar-refractivity contribution in [2.24, 2.45) is 0 Å². The first-order chi connectivity index (χ1) is 10.2. The van der Waals surface area contributed by atoms with Gasteiger partial charge in [-0.05, 0) is 49.9 Å². The molecule has 1 amide bonds. The lowest BCUT2D eigenvalue weighted by atomic mass is 10.0. The van der Waals surface area contributed by atoms with Gasteiger partial charge in [0.2, 0.25) is 0 Å². The Labute approximate surface area is 128 Å². The highest BCUT2D eigenvalue weighted by atomic mass is 16.6. The number of hydrogen-bond acceptors (Lipinski definition) is 3. The van der Waals surface area contributed by atoms with Crippen LogP contribution in [0.15, 0.2) is 30.5 Å². The SMILES string of the molecule is CC(C)(C)OC(=O)N[C@@H](Cc1ccc2[nH]ccc2c1)C(=O)O. The summed E-state index contributed by atoms with van der Waals surface area (Å²) in [4.78, 5) is 26.1. The molecule has 0 saturated carbocycles. The van der Waals surface area contributed by atoms with Crippen molar-refractivity contribution in [3.63, 3.8) is 0 Å². The molecule has 3 N–H and O–H groups in total. The number of amides is 1. The van der Waals surface area contributed by atoms with Crippen LogP contribution in [0.5, 0.6) is 0 Å². The van der Waals surface area contributed by atoms with E-state index in [0.29, 0.717) is 0 Å². The molecule has 2 aromatic rings. The number of fused-ring (bicyclic) bond motifs is 1. The third kappa shape index (κ3) is 4.25. The highest BCUT2D eigenvalue weighted by Crippen LogP contribution is 2.16. The average Bonchev–Trinajstić information content (AvgIpc) is 2.82. The van der Waals surface area contributed by atoms with Crippen LogP contribution in [0.25, 0.3) is 10.9 Å². The Morgan fingerprint density at radius 1 is 1.32 bits per heavy atom. The molecule has 0 fully saturated rings. The fraction of sp³-hybridized carbons (Fsp3) is 0.375. The number of ether oxygens (including phenoxy) is 1. The lowest BCUT2D eigenvalue weighted by Crippen LogP contribution is -2.44. The fourth-order valence-corrected chi connectivity index (χ4v) is 2.12. The van der Waals surface area contributed by atoms with Crippen LogP contribution in [0, 0.1) is 0 Å². The molecular formula is C16H20N2O4. The van der Waals surface area contributed by atoms with Gasteiger partial charge in [0.25, 0.3) is 0 Å². The van der Waals surface area contributed by atoms with Gasteiger partial charge in [-0.3, -0.25) is 0 Å². The summed E-state index contributed by atoms with van der Waals surface area (Å²) in [5, 5.41) is 12.7. The molecule has 0 radical (unpaired) electrons. The molecule has 0 spiro atoms. The third-order valence-corrected chi connectivity index (χ3v) is 3.05. The molecule has 0 aliphatic rings. The molecule has 1 aromatic carbocycles. The van der Waals surface area contributed by atoms with E-state index in [1.807, 2.05) is 30.5 Å². The summed E-state index contributed by atoms with van der Waals surface area (Å²) in [6.07, 6.45) is 1.28. The molecule has 6 heteroatoms. The van der Waals surface area contributed by atoms with Crippen LogP contribution in [-0.2, 0) is 16.0 Å². The first kappa shape index (κ1) is 15.9. The molecule has 118 valence electrons. The zero-order valence-corrected chi connectivity index (χ0v) is 12.8. The molecule has 0 aliphatic carbocycles. The Bertz CT molecular complexity index is 685. The van der Waals surface area contributed by atoms with Gasteiger partial charge in [-0.25, -0.2) is 9.59 Å². The second-order valence-electron chi connectivity index (χ2n) is 6.14. The number of rotatable bonds is 4. The van der Waals surface area contributed by atoms with Gasteiger partial charge in [0.15, 0.2) is 0 Å². The molecule has 1 heterocycles. The summed E-state index contributed by atoms with van der Waals surface area (Å²) in [6.45, 7) is 5.17. The van der Waals surface area contributed by atoms with Gasteiger partial charge in [-0.2, -0.15) is 0 Å². The van der Waals surface area contributed by atoms with E-state index in [0.717, 1.165) is 16.5 Å². The highest BCUT2D eigenvalue weighted by molar-refractivity contribution is 5.82. The second-order valence-corrected chi connectivity index (χ2v) is 6.14. The van der Waals surface area contributed by atoms with Crippen LogP contribution in [-0.4, -0.2) is 33.8 Å². The minimum Gasteiger partial charge on any atom is -0.480 e. The quantitative estimate of drug-likeness (QED) is 0.810. The minimum atomic E-state index is -1.10. The maximum Gasteiger partial charge on any atom is 0.408 e. The number of aromatic amines is 1. The van der Waals surface area contributed by atoms with E-state index >= 15 is 0 Å². The Kier molecular flexibility index (Phi) is 4.40. The summed E-state index contributed by atoms with van der Waals surface area (Å²) in [5.41, 5.74) is 1.14. The number of carboxylic acid groups (broad SMARTS) is 1. The summed E-state index contributed by atoms with van der Waals surface area (Å²) in [5.74, 6) is -1.10. The van der Waals surface area contributed by atoms with Gasteiger partial charge in [0.1, 0.15) is 11.6 Å². The molecule has 22 heavy (non-hydrogen) atoms. The van der Waals surface area contributed by atoms with Gasteiger partial charge in [0.05, 0.1) is 0 Å². The van der Waals surface area contributed by atoms with Crippen LogP contribution < -0.4 is 5.32 Å². The monoisotopic (exact) mass is 304 g/mol. The molecule has 1 aromatic heterocycles. The zero-order chi connectivity index (χ0) is 16.3. The number of carbonyl (C=O) groups excluding carboxylic acids is 1. The van der Waals surface area contributed by atoms with E-state index < -0.39 is 23.7 Å². The van der Waals surface area contributed by atoms with Crippen molar-refractivity contribution in [3.05, 3.63) is 36.0 Å². The molecule has 0 aliphatic heterocycles. The zero-order valence-electron chi connectivity index (χ0n) is 12.8. The maximum atomic E-state index is 11.7. The summed E-state index contributed by atoms with van der Waals surface area (Å²) in [7, 11) is 0. The lowest BCUT2D eigenvalue weighted by molar-refractivity contribution is -0.139. The van der Waals surface area contributed by atoms with E-state index in [1.54, 1.807) is 20.8 Å². The number of hydrogen-bond donors (Lipinski definition) is 3. The van der Waals surface area contributed by atoms with E-state index in [9.17, 15) is 14.7 Å². The molecule has 6 nitrogen and oxygen atoms in total. The minimum absolute atomic E-state index is 0.190. The first-order valence-electron chi connectivity index (χ1n) is 7.03. The van der Waals surface area contributed by atoms with Crippen molar-refractivity contribution in [2.75, 3.05) is 0 Å². The van der Waals surface area contributed by atoms with Crippen molar-refractivity contribution >= 4 is 23.0 Å². The van der Waals surface area contributed by atoms with Crippen molar-refractivity contribution in [1.82, 2.24) is 10.3 Å². The van der Waals surface area contributed by atoms with Crippen LogP contribution in [0.4, 0.5) is 4.79 Å². The van der Waals surface area contributed by atoms with E-state index in [-0.39, 0.29) is 6.42 Å². The Balaban J connectivity index is 2.08. The number of carboxylic acids is 1. The molecular weight excluding hydrogens is 284 g/mol.